The third-order valence-corrected chi connectivity index (χ3v) is 3.15. The summed E-state index contributed by atoms with van der Waals surface area (Å²) in [4.78, 5) is 13.9. The molecule has 18 heavy (non-hydrogen) atoms. The van der Waals surface area contributed by atoms with Crippen molar-refractivity contribution in [3.63, 3.8) is 0 Å². The molecule has 98 valence electrons. The first-order valence-corrected chi connectivity index (χ1v) is 5.95. The predicted octanol–water partition coefficient (Wildman–Crippen LogP) is 1.35. The van der Waals surface area contributed by atoms with Gasteiger partial charge in [0.2, 0.25) is 0 Å². The third-order valence-electron chi connectivity index (χ3n) is 3.15. The number of rotatable bonds is 2. The zero-order chi connectivity index (χ0) is 13.1. The fourth-order valence-electron chi connectivity index (χ4n) is 2.22. The molecule has 1 saturated heterocycles. The minimum absolute atomic E-state index is 0.0635. The molecule has 5 nitrogen and oxygen atoms in total. The van der Waals surface area contributed by atoms with Crippen LogP contribution in [-0.4, -0.2) is 47.3 Å². The second kappa shape index (κ2) is 5.27. The van der Waals surface area contributed by atoms with E-state index in [-0.39, 0.29) is 23.5 Å². The van der Waals surface area contributed by atoms with Gasteiger partial charge in [0.25, 0.3) is 5.91 Å². The van der Waals surface area contributed by atoms with Gasteiger partial charge in [-0.1, -0.05) is 0 Å². The lowest BCUT2D eigenvalue weighted by Crippen LogP contribution is -2.42. The van der Waals surface area contributed by atoms with Crippen LogP contribution < -0.4 is 0 Å². The lowest BCUT2D eigenvalue weighted by Gasteiger charge is -2.32. The molecule has 5 heteroatoms. The number of nitrogens with zero attached hydrogens (tertiary/aromatic N) is 1. The van der Waals surface area contributed by atoms with Crippen LogP contribution in [0.3, 0.4) is 0 Å². The molecule has 1 heterocycles. The van der Waals surface area contributed by atoms with Gasteiger partial charge >= 0.3 is 0 Å². The molecule has 0 radical (unpaired) electrons. The number of likely N-dealkylation sites (tertiary alicyclic amines) is 1. The van der Waals surface area contributed by atoms with E-state index in [0.717, 1.165) is 12.8 Å². The second-order valence-corrected chi connectivity index (χ2v) is 4.49. The molecule has 1 aromatic carbocycles. The molecular formula is C13H17NO4. The number of benzene rings is 1. The SMILES string of the molecule is COC1CCCN(C(=O)c2cc(O)cc(O)c2)C1. The van der Waals surface area contributed by atoms with E-state index in [1.165, 1.54) is 18.2 Å². The van der Waals surface area contributed by atoms with Crippen LogP contribution in [0, 0.1) is 0 Å². The summed E-state index contributed by atoms with van der Waals surface area (Å²) in [7, 11) is 1.64. The molecule has 1 atom stereocenters. The Morgan fingerprint density at radius 1 is 1.33 bits per heavy atom. The number of amides is 1. The Kier molecular flexibility index (Phi) is 3.72. The smallest absolute Gasteiger partial charge is 0.254 e. The van der Waals surface area contributed by atoms with E-state index in [1.807, 2.05) is 0 Å². The van der Waals surface area contributed by atoms with Crippen molar-refractivity contribution in [2.24, 2.45) is 0 Å². The van der Waals surface area contributed by atoms with Crippen LogP contribution in [0.4, 0.5) is 0 Å². The Hall–Kier alpha value is -1.75. The maximum atomic E-state index is 12.2. The molecule has 2 rings (SSSR count). The molecule has 2 N–H and O–H groups in total. The van der Waals surface area contributed by atoms with Crippen molar-refractivity contribution < 1.29 is 19.7 Å². The Bertz CT molecular complexity index is 426. The van der Waals surface area contributed by atoms with E-state index in [9.17, 15) is 15.0 Å². The van der Waals surface area contributed by atoms with E-state index in [4.69, 9.17) is 4.74 Å². The normalized spacial score (nSPS) is 19.8. The molecule has 0 saturated carbocycles. The average molecular weight is 251 g/mol. The Balaban J connectivity index is 2.15. The maximum Gasteiger partial charge on any atom is 0.254 e. The molecule has 1 fully saturated rings. The number of carbonyl (C=O) groups is 1. The largest absolute Gasteiger partial charge is 0.508 e. The first-order valence-electron chi connectivity index (χ1n) is 5.95. The van der Waals surface area contributed by atoms with Crippen molar-refractivity contribution in [3.8, 4) is 11.5 Å². The molecule has 0 aliphatic carbocycles. The number of carbonyl (C=O) groups excluding carboxylic acids is 1. The Morgan fingerprint density at radius 3 is 2.61 bits per heavy atom. The second-order valence-electron chi connectivity index (χ2n) is 4.49. The predicted molar refractivity (Wildman–Crippen MR) is 65.7 cm³/mol. The number of aromatic hydroxyl groups is 2. The molecule has 0 aromatic heterocycles. The quantitative estimate of drug-likeness (QED) is 0.832. The van der Waals surface area contributed by atoms with Gasteiger partial charge in [0, 0.05) is 31.8 Å². The van der Waals surface area contributed by atoms with Gasteiger partial charge in [-0.15, -0.1) is 0 Å². The topological polar surface area (TPSA) is 70.0 Å². The summed E-state index contributed by atoms with van der Waals surface area (Å²) in [5.41, 5.74) is 0.296. The number of hydrogen-bond acceptors (Lipinski definition) is 4. The maximum absolute atomic E-state index is 12.2. The van der Waals surface area contributed by atoms with E-state index in [0.29, 0.717) is 18.7 Å². The van der Waals surface area contributed by atoms with Crippen LogP contribution in [0.1, 0.15) is 23.2 Å². The Labute approximate surface area is 106 Å². The summed E-state index contributed by atoms with van der Waals surface area (Å²) >= 11 is 0. The van der Waals surface area contributed by atoms with Crippen molar-refractivity contribution in [3.05, 3.63) is 23.8 Å². The first kappa shape index (κ1) is 12.7. The van der Waals surface area contributed by atoms with Crippen LogP contribution in [0.5, 0.6) is 11.5 Å². The van der Waals surface area contributed by atoms with Gasteiger partial charge in [-0.05, 0) is 25.0 Å². The number of hydrogen-bond donors (Lipinski definition) is 2. The Morgan fingerprint density at radius 2 is 2.00 bits per heavy atom. The highest BCUT2D eigenvalue weighted by Crippen LogP contribution is 2.23. The molecule has 0 spiro atoms. The monoisotopic (exact) mass is 251 g/mol. The molecular weight excluding hydrogens is 234 g/mol. The van der Waals surface area contributed by atoms with Crippen molar-refractivity contribution in [2.45, 2.75) is 18.9 Å². The number of ether oxygens (including phenoxy) is 1. The molecule has 0 bridgehead atoms. The average Bonchev–Trinajstić information content (AvgIpc) is 2.37. The number of phenolic OH excluding ortho intramolecular Hbond substituents is 2. The summed E-state index contributed by atoms with van der Waals surface area (Å²) in [5, 5.41) is 18.8. The van der Waals surface area contributed by atoms with Gasteiger partial charge in [0.15, 0.2) is 0 Å². The minimum atomic E-state index is -0.192. The van der Waals surface area contributed by atoms with Crippen molar-refractivity contribution in [1.82, 2.24) is 4.90 Å². The van der Waals surface area contributed by atoms with Gasteiger partial charge in [0.1, 0.15) is 11.5 Å². The van der Waals surface area contributed by atoms with Gasteiger partial charge in [0.05, 0.1) is 6.10 Å². The summed E-state index contributed by atoms with van der Waals surface area (Å²) in [6.07, 6.45) is 1.91. The number of phenols is 2. The summed E-state index contributed by atoms with van der Waals surface area (Å²) in [6.45, 7) is 1.22. The van der Waals surface area contributed by atoms with Crippen LogP contribution in [0.2, 0.25) is 0 Å². The zero-order valence-corrected chi connectivity index (χ0v) is 10.3. The zero-order valence-electron chi connectivity index (χ0n) is 10.3. The van der Waals surface area contributed by atoms with Crippen molar-refractivity contribution in [2.75, 3.05) is 20.2 Å². The molecule has 1 aromatic rings. The summed E-state index contributed by atoms with van der Waals surface area (Å²) < 4.78 is 5.26. The lowest BCUT2D eigenvalue weighted by atomic mass is 10.1. The van der Waals surface area contributed by atoms with Gasteiger partial charge in [-0.25, -0.2) is 0 Å². The van der Waals surface area contributed by atoms with Crippen LogP contribution in [-0.2, 0) is 4.74 Å². The van der Waals surface area contributed by atoms with Gasteiger partial charge in [-0.3, -0.25) is 4.79 Å². The first-order chi connectivity index (χ1) is 8.60. The highest BCUT2D eigenvalue weighted by atomic mass is 16.5. The van der Waals surface area contributed by atoms with Crippen LogP contribution in [0.25, 0.3) is 0 Å². The summed E-state index contributed by atoms with van der Waals surface area (Å²) in [6, 6.07) is 3.92. The number of methoxy groups -OCH3 is 1. The molecule has 1 aliphatic rings. The minimum Gasteiger partial charge on any atom is -0.508 e. The standard InChI is InChI=1S/C13H17NO4/c1-18-12-3-2-4-14(8-12)13(17)9-5-10(15)7-11(16)6-9/h5-7,12,15-16H,2-4,8H2,1H3. The molecule has 1 aliphatic heterocycles. The fraction of sp³-hybridized carbons (Fsp3) is 0.462. The highest BCUT2D eigenvalue weighted by molar-refractivity contribution is 5.95. The van der Waals surface area contributed by atoms with Crippen LogP contribution >= 0.6 is 0 Å². The fourth-order valence-corrected chi connectivity index (χ4v) is 2.22. The van der Waals surface area contributed by atoms with Crippen LogP contribution in [0.15, 0.2) is 18.2 Å². The van der Waals surface area contributed by atoms with E-state index in [1.54, 1.807) is 12.0 Å². The summed E-state index contributed by atoms with van der Waals surface area (Å²) in [5.74, 6) is -0.416. The van der Waals surface area contributed by atoms with Gasteiger partial charge < -0.3 is 19.8 Å². The van der Waals surface area contributed by atoms with E-state index >= 15 is 0 Å². The molecule has 1 unspecified atom stereocenters. The third kappa shape index (κ3) is 2.73. The number of piperidine rings is 1. The highest BCUT2D eigenvalue weighted by Gasteiger charge is 2.24. The van der Waals surface area contributed by atoms with Crippen molar-refractivity contribution in [1.29, 1.82) is 0 Å². The van der Waals surface area contributed by atoms with Crippen molar-refractivity contribution >= 4 is 5.91 Å². The lowest BCUT2D eigenvalue weighted by molar-refractivity contribution is 0.0268. The van der Waals surface area contributed by atoms with Gasteiger partial charge in [-0.2, -0.15) is 0 Å². The van der Waals surface area contributed by atoms with E-state index in [2.05, 4.69) is 0 Å². The molecule has 1 amide bonds. The van der Waals surface area contributed by atoms with E-state index < -0.39 is 0 Å².